The first-order valence-electron chi connectivity index (χ1n) is 5.81. The van der Waals surface area contributed by atoms with Crippen LogP contribution >= 0.6 is 11.6 Å². The van der Waals surface area contributed by atoms with Crippen LogP contribution < -0.4 is 5.32 Å². The van der Waals surface area contributed by atoms with Crippen molar-refractivity contribution in [3.63, 3.8) is 0 Å². The monoisotopic (exact) mass is 265 g/mol. The molecule has 2 aromatic heterocycles. The molecule has 0 aliphatic rings. The van der Waals surface area contributed by atoms with E-state index in [1.54, 1.807) is 12.3 Å². The molecular weight excluding hydrogens is 250 g/mol. The van der Waals surface area contributed by atoms with E-state index in [1.807, 2.05) is 31.7 Å². The molecule has 6 heteroatoms. The number of hydrogen-bond donors (Lipinski definition) is 1. The summed E-state index contributed by atoms with van der Waals surface area (Å²) in [5.41, 5.74) is 0. The standard InChI is InChI=1S/C12H16ClN5/c1-8(2)12-16-9(13)6-10(17-12)15-7-11-14-4-5-18(11)3/h4-6,8H,7H2,1-3H3,(H,15,16,17). The van der Waals surface area contributed by atoms with Crippen LogP contribution in [0.25, 0.3) is 0 Å². The molecule has 0 bridgehead atoms. The van der Waals surface area contributed by atoms with E-state index in [9.17, 15) is 0 Å². The van der Waals surface area contributed by atoms with Crippen molar-refractivity contribution in [1.29, 1.82) is 0 Å². The molecule has 0 spiro atoms. The summed E-state index contributed by atoms with van der Waals surface area (Å²) in [6, 6.07) is 1.72. The molecule has 5 nitrogen and oxygen atoms in total. The zero-order valence-electron chi connectivity index (χ0n) is 10.7. The molecule has 0 aliphatic carbocycles. The summed E-state index contributed by atoms with van der Waals surface area (Å²) < 4.78 is 1.96. The number of nitrogens with zero attached hydrogens (tertiary/aromatic N) is 4. The Kier molecular flexibility index (Phi) is 3.81. The van der Waals surface area contributed by atoms with Gasteiger partial charge in [0, 0.05) is 31.4 Å². The van der Waals surface area contributed by atoms with Gasteiger partial charge in [0.15, 0.2) is 0 Å². The lowest BCUT2D eigenvalue weighted by molar-refractivity contribution is 0.769. The fraction of sp³-hybridized carbons (Fsp3) is 0.417. The number of rotatable bonds is 4. The van der Waals surface area contributed by atoms with Crippen molar-refractivity contribution in [1.82, 2.24) is 19.5 Å². The van der Waals surface area contributed by atoms with Gasteiger partial charge in [-0.15, -0.1) is 0 Å². The van der Waals surface area contributed by atoms with Crippen LogP contribution in [-0.2, 0) is 13.6 Å². The van der Waals surface area contributed by atoms with Gasteiger partial charge in [0.2, 0.25) is 0 Å². The van der Waals surface area contributed by atoms with E-state index in [2.05, 4.69) is 20.3 Å². The molecule has 0 saturated carbocycles. The van der Waals surface area contributed by atoms with Gasteiger partial charge in [0.1, 0.15) is 22.6 Å². The Morgan fingerprint density at radius 2 is 2.17 bits per heavy atom. The van der Waals surface area contributed by atoms with Gasteiger partial charge in [0.05, 0.1) is 6.54 Å². The van der Waals surface area contributed by atoms with Gasteiger partial charge in [-0.05, 0) is 0 Å². The highest BCUT2D eigenvalue weighted by Crippen LogP contribution is 2.17. The lowest BCUT2D eigenvalue weighted by Crippen LogP contribution is -2.08. The molecule has 2 heterocycles. The molecule has 2 rings (SSSR count). The number of aryl methyl sites for hydroxylation is 1. The van der Waals surface area contributed by atoms with Crippen LogP contribution in [0.1, 0.15) is 31.4 Å². The zero-order valence-corrected chi connectivity index (χ0v) is 11.4. The minimum Gasteiger partial charge on any atom is -0.363 e. The van der Waals surface area contributed by atoms with Gasteiger partial charge in [-0.3, -0.25) is 0 Å². The van der Waals surface area contributed by atoms with Crippen molar-refractivity contribution >= 4 is 17.4 Å². The molecule has 0 atom stereocenters. The molecule has 2 aromatic rings. The number of anilines is 1. The van der Waals surface area contributed by atoms with Crippen LogP contribution in [0.5, 0.6) is 0 Å². The number of halogens is 1. The first kappa shape index (κ1) is 12.8. The van der Waals surface area contributed by atoms with Gasteiger partial charge >= 0.3 is 0 Å². The van der Waals surface area contributed by atoms with E-state index < -0.39 is 0 Å². The smallest absolute Gasteiger partial charge is 0.135 e. The molecular formula is C12H16ClN5. The molecule has 1 N–H and O–H groups in total. The second-order valence-electron chi connectivity index (χ2n) is 4.40. The van der Waals surface area contributed by atoms with Gasteiger partial charge in [-0.1, -0.05) is 25.4 Å². The van der Waals surface area contributed by atoms with E-state index >= 15 is 0 Å². The Morgan fingerprint density at radius 1 is 1.39 bits per heavy atom. The highest BCUT2D eigenvalue weighted by atomic mass is 35.5. The summed E-state index contributed by atoms with van der Waals surface area (Å²) in [6.07, 6.45) is 3.67. The summed E-state index contributed by atoms with van der Waals surface area (Å²) in [4.78, 5) is 12.8. The topological polar surface area (TPSA) is 55.6 Å². The minimum absolute atomic E-state index is 0.248. The Morgan fingerprint density at radius 3 is 2.78 bits per heavy atom. The maximum Gasteiger partial charge on any atom is 0.135 e. The largest absolute Gasteiger partial charge is 0.363 e. The minimum atomic E-state index is 0.248. The van der Waals surface area contributed by atoms with Crippen LogP contribution in [0.3, 0.4) is 0 Å². The second-order valence-corrected chi connectivity index (χ2v) is 4.78. The van der Waals surface area contributed by atoms with Crippen LogP contribution in [-0.4, -0.2) is 19.5 Å². The molecule has 0 unspecified atom stereocenters. The molecule has 18 heavy (non-hydrogen) atoms. The maximum atomic E-state index is 5.97. The highest BCUT2D eigenvalue weighted by molar-refractivity contribution is 6.29. The molecule has 0 amide bonds. The van der Waals surface area contributed by atoms with Gasteiger partial charge in [-0.2, -0.15) is 0 Å². The Hall–Kier alpha value is -1.62. The summed E-state index contributed by atoms with van der Waals surface area (Å²) in [6.45, 7) is 4.68. The number of hydrogen-bond acceptors (Lipinski definition) is 4. The first-order chi connectivity index (χ1) is 8.56. The summed E-state index contributed by atoms with van der Waals surface area (Å²) >= 11 is 5.97. The van der Waals surface area contributed by atoms with Crippen molar-refractivity contribution < 1.29 is 0 Å². The average Bonchev–Trinajstić information content (AvgIpc) is 2.71. The predicted octanol–water partition coefficient (Wildman–Crippen LogP) is 2.60. The van der Waals surface area contributed by atoms with Crippen molar-refractivity contribution in [3.05, 3.63) is 35.3 Å². The van der Waals surface area contributed by atoms with Crippen LogP contribution in [0.15, 0.2) is 18.5 Å². The van der Waals surface area contributed by atoms with Crippen LogP contribution in [0, 0.1) is 0 Å². The van der Waals surface area contributed by atoms with Gasteiger partial charge in [0.25, 0.3) is 0 Å². The predicted molar refractivity (Wildman–Crippen MR) is 71.7 cm³/mol. The third kappa shape index (κ3) is 2.98. The highest BCUT2D eigenvalue weighted by Gasteiger charge is 2.07. The van der Waals surface area contributed by atoms with E-state index in [0.29, 0.717) is 11.7 Å². The molecule has 96 valence electrons. The van der Waals surface area contributed by atoms with E-state index in [0.717, 1.165) is 17.5 Å². The molecule has 0 aliphatic heterocycles. The third-order valence-corrected chi connectivity index (χ3v) is 2.77. The van der Waals surface area contributed by atoms with Gasteiger partial charge in [-0.25, -0.2) is 15.0 Å². The first-order valence-corrected chi connectivity index (χ1v) is 6.18. The number of imidazole rings is 1. The molecule has 0 saturated heterocycles. The quantitative estimate of drug-likeness (QED) is 0.864. The Balaban J connectivity index is 2.12. The van der Waals surface area contributed by atoms with Crippen LogP contribution in [0.4, 0.5) is 5.82 Å². The summed E-state index contributed by atoms with van der Waals surface area (Å²) in [5, 5.41) is 3.66. The average molecular weight is 266 g/mol. The van der Waals surface area contributed by atoms with Crippen molar-refractivity contribution in [2.24, 2.45) is 7.05 Å². The summed E-state index contributed by atoms with van der Waals surface area (Å²) in [7, 11) is 1.95. The van der Waals surface area contributed by atoms with Crippen molar-refractivity contribution in [3.8, 4) is 0 Å². The Bertz CT molecular complexity index is 535. The maximum absolute atomic E-state index is 5.97. The third-order valence-electron chi connectivity index (χ3n) is 2.58. The Labute approximate surface area is 111 Å². The zero-order chi connectivity index (χ0) is 13.1. The SMILES string of the molecule is CC(C)c1nc(Cl)cc(NCc2nccn2C)n1. The fourth-order valence-corrected chi connectivity index (χ4v) is 1.71. The number of aromatic nitrogens is 4. The normalized spacial score (nSPS) is 10.9. The fourth-order valence-electron chi connectivity index (χ4n) is 1.52. The molecule has 0 radical (unpaired) electrons. The van der Waals surface area contributed by atoms with Crippen molar-refractivity contribution in [2.75, 3.05) is 5.32 Å². The molecule has 0 fully saturated rings. The lowest BCUT2D eigenvalue weighted by Gasteiger charge is -2.09. The van der Waals surface area contributed by atoms with Crippen molar-refractivity contribution in [2.45, 2.75) is 26.3 Å². The lowest BCUT2D eigenvalue weighted by atomic mass is 10.2. The second kappa shape index (κ2) is 5.35. The molecule has 0 aromatic carbocycles. The van der Waals surface area contributed by atoms with Gasteiger partial charge < -0.3 is 9.88 Å². The van der Waals surface area contributed by atoms with E-state index in [1.165, 1.54) is 0 Å². The van der Waals surface area contributed by atoms with E-state index in [-0.39, 0.29) is 5.92 Å². The van der Waals surface area contributed by atoms with E-state index in [4.69, 9.17) is 11.6 Å². The number of nitrogens with one attached hydrogen (secondary N) is 1. The summed E-state index contributed by atoms with van der Waals surface area (Å²) in [5.74, 6) is 2.65. The van der Waals surface area contributed by atoms with Crippen LogP contribution in [0.2, 0.25) is 5.15 Å².